The van der Waals surface area contributed by atoms with E-state index < -0.39 is 0 Å². The van der Waals surface area contributed by atoms with Crippen molar-refractivity contribution >= 4 is 5.69 Å². The maximum absolute atomic E-state index is 6.08. The number of para-hydroxylation sites is 1. The molecule has 1 aromatic carbocycles. The number of nitrogens with one attached hydrogen (secondary N) is 1. The molecule has 0 amide bonds. The lowest BCUT2D eigenvalue weighted by Gasteiger charge is -2.43. The molecule has 1 aliphatic carbocycles. The van der Waals surface area contributed by atoms with Gasteiger partial charge in [0.1, 0.15) is 0 Å². The summed E-state index contributed by atoms with van der Waals surface area (Å²) in [6.45, 7) is 7.59. The first-order chi connectivity index (χ1) is 8.56. The van der Waals surface area contributed by atoms with Crippen LogP contribution in [0.25, 0.3) is 0 Å². The molecule has 100 valence electrons. The predicted molar refractivity (Wildman–Crippen MR) is 78.8 cm³/mol. The summed E-state index contributed by atoms with van der Waals surface area (Å²) in [5, 5.41) is 3.74. The van der Waals surface area contributed by atoms with Crippen molar-refractivity contribution in [3.63, 3.8) is 0 Å². The zero-order valence-electron chi connectivity index (χ0n) is 11.9. The SMILES string of the molecule is Cc1ccccc1NC1(CN)CCC(C)C(C)C1. The summed E-state index contributed by atoms with van der Waals surface area (Å²) in [7, 11) is 0. The predicted octanol–water partition coefficient (Wildman–Crippen LogP) is 3.56. The smallest absolute Gasteiger partial charge is 0.0498 e. The first kappa shape index (κ1) is 13.4. The van der Waals surface area contributed by atoms with E-state index in [0.29, 0.717) is 0 Å². The Labute approximate surface area is 111 Å². The van der Waals surface area contributed by atoms with Crippen molar-refractivity contribution < 1.29 is 0 Å². The maximum atomic E-state index is 6.08. The van der Waals surface area contributed by atoms with Gasteiger partial charge in [0.25, 0.3) is 0 Å². The molecule has 2 heteroatoms. The molecule has 0 radical (unpaired) electrons. The van der Waals surface area contributed by atoms with Crippen LogP contribution in [-0.2, 0) is 0 Å². The molecule has 2 rings (SSSR count). The van der Waals surface area contributed by atoms with E-state index in [1.807, 2.05) is 0 Å². The van der Waals surface area contributed by atoms with E-state index in [0.717, 1.165) is 18.4 Å². The van der Waals surface area contributed by atoms with E-state index >= 15 is 0 Å². The maximum Gasteiger partial charge on any atom is 0.0498 e. The lowest BCUT2D eigenvalue weighted by Crippen LogP contribution is -2.50. The molecule has 1 aliphatic rings. The van der Waals surface area contributed by atoms with Gasteiger partial charge in [-0.05, 0) is 49.7 Å². The van der Waals surface area contributed by atoms with Crippen LogP contribution in [0.5, 0.6) is 0 Å². The molecule has 0 saturated heterocycles. The van der Waals surface area contributed by atoms with Gasteiger partial charge in [-0.25, -0.2) is 0 Å². The largest absolute Gasteiger partial charge is 0.378 e. The van der Waals surface area contributed by atoms with Crippen LogP contribution in [0.4, 0.5) is 5.69 Å². The lowest BCUT2D eigenvalue weighted by molar-refractivity contribution is 0.196. The highest BCUT2D eigenvalue weighted by atomic mass is 15.0. The Morgan fingerprint density at radius 3 is 2.61 bits per heavy atom. The van der Waals surface area contributed by atoms with Crippen LogP contribution in [0.15, 0.2) is 24.3 Å². The fraction of sp³-hybridized carbons (Fsp3) is 0.625. The summed E-state index contributed by atoms with van der Waals surface area (Å²) in [6.07, 6.45) is 3.64. The molecule has 0 spiro atoms. The molecule has 1 saturated carbocycles. The summed E-state index contributed by atoms with van der Waals surface area (Å²) in [4.78, 5) is 0. The molecule has 0 aliphatic heterocycles. The molecular formula is C16H26N2. The normalized spacial score (nSPS) is 32.2. The van der Waals surface area contributed by atoms with Crippen LogP contribution in [0.3, 0.4) is 0 Å². The van der Waals surface area contributed by atoms with Crippen molar-refractivity contribution in [1.29, 1.82) is 0 Å². The minimum atomic E-state index is 0.0953. The lowest BCUT2D eigenvalue weighted by atomic mass is 9.71. The molecule has 3 unspecified atom stereocenters. The summed E-state index contributed by atoms with van der Waals surface area (Å²) in [5.41, 5.74) is 8.72. The Bertz CT molecular complexity index is 402. The molecule has 18 heavy (non-hydrogen) atoms. The molecule has 1 fully saturated rings. The third kappa shape index (κ3) is 2.69. The molecule has 1 aromatic rings. The average molecular weight is 246 g/mol. The fourth-order valence-electron chi connectivity index (χ4n) is 3.06. The molecular weight excluding hydrogens is 220 g/mol. The van der Waals surface area contributed by atoms with Gasteiger partial charge in [-0.15, -0.1) is 0 Å². The average Bonchev–Trinajstić information content (AvgIpc) is 2.37. The van der Waals surface area contributed by atoms with Crippen molar-refractivity contribution in [3.8, 4) is 0 Å². The van der Waals surface area contributed by atoms with Gasteiger partial charge in [0.15, 0.2) is 0 Å². The second kappa shape index (κ2) is 5.31. The number of hydrogen-bond donors (Lipinski definition) is 2. The highest BCUT2D eigenvalue weighted by Crippen LogP contribution is 2.38. The number of nitrogens with two attached hydrogens (primary N) is 1. The summed E-state index contributed by atoms with van der Waals surface area (Å²) in [6, 6.07) is 8.49. The van der Waals surface area contributed by atoms with Crippen molar-refractivity contribution in [1.82, 2.24) is 0 Å². The second-order valence-corrected chi connectivity index (χ2v) is 6.12. The van der Waals surface area contributed by atoms with E-state index in [1.54, 1.807) is 0 Å². The fourth-order valence-corrected chi connectivity index (χ4v) is 3.06. The van der Waals surface area contributed by atoms with Crippen LogP contribution < -0.4 is 11.1 Å². The van der Waals surface area contributed by atoms with Crippen molar-refractivity contribution in [3.05, 3.63) is 29.8 Å². The van der Waals surface area contributed by atoms with Gasteiger partial charge in [-0.3, -0.25) is 0 Å². The molecule has 0 heterocycles. The van der Waals surface area contributed by atoms with Gasteiger partial charge in [0, 0.05) is 17.8 Å². The van der Waals surface area contributed by atoms with E-state index in [-0.39, 0.29) is 5.54 Å². The van der Waals surface area contributed by atoms with Gasteiger partial charge < -0.3 is 11.1 Å². The Morgan fingerprint density at radius 2 is 2.00 bits per heavy atom. The number of rotatable bonds is 3. The monoisotopic (exact) mass is 246 g/mol. The van der Waals surface area contributed by atoms with Gasteiger partial charge in [0.05, 0.1) is 0 Å². The Morgan fingerprint density at radius 1 is 1.28 bits per heavy atom. The third-order valence-electron chi connectivity index (χ3n) is 4.70. The first-order valence-corrected chi connectivity index (χ1v) is 7.10. The Kier molecular flexibility index (Phi) is 3.96. The molecule has 0 bridgehead atoms. The van der Waals surface area contributed by atoms with Crippen LogP contribution in [-0.4, -0.2) is 12.1 Å². The quantitative estimate of drug-likeness (QED) is 0.856. The zero-order valence-corrected chi connectivity index (χ0v) is 11.9. The van der Waals surface area contributed by atoms with Crippen LogP contribution >= 0.6 is 0 Å². The minimum absolute atomic E-state index is 0.0953. The minimum Gasteiger partial charge on any atom is -0.378 e. The van der Waals surface area contributed by atoms with Gasteiger partial charge in [-0.1, -0.05) is 32.0 Å². The van der Waals surface area contributed by atoms with E-state index in [2.05, 4.69) is 50.4 Å². The summed E-state index contributed by atoms with van der Waals surface area (Å²) < 4.78 is 0. The van der Waals surface area contributed by atoms with E-state index in [1.165, 1.54) is 30.5 Å². The number of hydrogen-bond acceptors (Lipinski definition) is 2. The van der Waals surface area contributed by atoms with Gasteiger partial charge in [0.2, 0.25) is 0 Å². The Hall–Kier alpha value is -1.02. The standard InChI is InChI=1S/C16H26N2/c1-12-8-9-16(11-17,10-14(12)3)18-15-7-5-4-6-13(15)2/h4-7,12,14,18H,8-11,17H2,1-3H3. The number of aryl methyl sites for hydroxylation is 1. The van der Waals surface area contributed by atoms with Crippen molar-refractivity contribution in [2.45, 2.75) is 45.6 Å². The van der Waals surface area contributed by atoms with Crippen LogP contribution in [0, 0.1) is 18.8 Å². The van der Waals surface area contributed by atoms with Crippen LogP contribution in [0.2, 0.25) is 0 Å². The molecule has 3 N–H and O–H groups in total. The molecule has 3 atom stereocenters. The summed E-state index contributed by atoms with van der Waals surface area (Å²) in [5.74, 6) is 1.57. The van der Waals surface area contributed by atoms with Gasteiger partial charge >= 0.3 is 0 Å². The third-order valence-corrected chi connectivity index (χ3v) is 4.70. The van der Waals surface area contributed by atoms with E-state index in [9.17, 15) is 0 Å². The summed E-state index contributed by atoms with van der Waals surface area (Å²) >= 11 is 0. The highest BCUT2D eigenvalue weighted by Gasteiger charge is 2.36. The Balaban J connectivity index is 2.16. The number of benzene rings is 1. The zero-order chi connectivity index (χ0) is 13.2. The second-order valence-electron chi connectivity index (χ2n) is 6.12. The van der Waals surface area contributed by atoms with Crippen molar-refractivity contribution in [2.75, 3.05) is 11.9 Å². The topological polar surface area (TPSA) is 38.0 Å². The van der Waals surface area contributed by atoms with Gasteiger partial charge in [-0.2, -0.15) is 0 Å². The van der Waals surface area contributed by atoms with Crippen LogP contribution in [0.1, 0.15) is 38.7 Å². The molecule has 0 aromatic heterocycles. The molecule has 2 nitrogen and oxygen atoms in total. The van der Waals surface area contributed by atoms with Crippen molar-refractivity contribution in [2.24, 2.45) is 17.6 Å². The number of anilines is 1. The first-order valence-electron chi connectivity index (χ1n) is 7.10. The van der Waals surface area contributed by atoms with E-state index in [4.69, 9.17) is 5.73 Å². The highest BCUT2D eigenvalue weighted by molar-refractivity contribution is 5.52.